The molecule has 0 radical (unpaired) electrons. The lowest BCUT2D eigenvalue weighted by Crippen LogP contribution is -2.36. The molecule has 4 nitrogen and oxygen atoms in total. The van der Waals surface area contributed by atoms with Gasteiger partial charge < -0.3 is 5.32 Å². The second-order valence-electron chi connectivity index (χ2n) is 6.96. The van der Waals surface area contributed by atoms with Crippen molar-refractivity contribution < 1.29 is 4.79 Å². The van der Waals surface area contributed by atoms with Crippen LogP contribution in [0.4, 0.5) is 10.5 Å². The number of halogens is 2. The van der Waals surface area contributed by atoms with Crippen molar-refractivity contribution in [2.24, 2.45) is 10.5 Å². The standard InChI is InChI=1S/C21H23Cl2N3OS/c1-3-28-13-12-21(2)14-26(20(27)24-18-10-8-17(23)9-11-18)25-19(21)15-4-6-16(22)7-5-15/h4-11H,3,12-14H2,1-2H3,(H,24,27). The van der Waals surface area contributed by atoms with Crippen LogP contribution in [0.15, 0.2) is 53.6 Å². The molecule has 1 heterocycles. The van der Waals surface area contributed by atoms with Gasteiger partial charge in [0.05, 0.1) is 12.3 Å². The predicted molar refractivity (Wildman–Crippen MR) is 121 cm³/mol. The zero-order valence-electron chi connectivity index (χ0n) is 15.9. The fourth-order valence-electron chi connectivity index (χ4n) is 3.17. The first-order chi connectivity index (χ1) is 13.4. The summed E-state index contributed by atoms with van der Waals surface area (Å²) in [6, 6.07) is 14.4. The van der Waals surface area contributed by atoms with Crippen LogP contribution >= 0.6 is 35.0 Å². The molecule has 28 heavy (non-hydrogen) atoms. The van der Waals surface area contributed by atoms with Crippen LogP contribution in [-0.4, -0.2) is 34.8 Å². The van der Waals surface area contributed by atoms with Crippen LogP contribution in [0, 0.1) is 5.41 Å². The molecule has 148 valence electrons. The van der Waals surface area contributed by atoms with Gasteiger partial charge in [0.15, 0.2) is 0 Å². The summed E-state index contributed by atoms with van der Waals surface area (Å²) in [5, 5.41) is 10.4. The number of carbonyl (C=O) groups excluding carboxylic acids is 1. The number of hydrazone groups is 1. The van der Waals surface area contributed by atoms with Crippen molar-refractivity contribution in [1.82, 2.24) is 5.01 Å². The maximum Gasteiger partial charge on any atom is 0.342 e. The van der Waals surface area contributed by atoms with Crippen LogP contribution in [-0.2, 0) is 0 Å². The van der Waals surface area contributed by atoms with Gasteiger partial charge in [0.2, 0.25) is 0 Å². The molecule has 1 N–H and O–H groups in total. The molecule has 1 unspecified atom stereocenters. The van der Waals surface area contributed by atoms with Crippen LogP contribution in [0.2, 0.25) is 10.0 Å². The first-order valence-electron chi connectivity index (χ1n) is 9.18. The van der Waals surface area contributed by atoms with Gasteiger partial charge in [-0.15, -0.1) is 0 Å². The second-order valence-corrected chi connectivity index (χ2v) is 9.22. The Kier molecular flexibility index (Phi) is 6.91. The van der Waals surface area contributed by atoms with Gasteiger partial charge in [0, 0.05) is 21.1 Å². The third-order valence-electron chi connectivity index (χ3n) is 4.74. The van der Waals surface area contributed by atoms with E-state index in [4.69, 9.17) is 28.3 Å². The van der Waals surface area contributed by atoms with Crippen LogP contribution in [0.25, 0.3) is 0 Å². The minimum atomic E-state index is -0.249. The van der Waals surface area contributed by atoms with Crippen molar-refractivity contribution in [2.45, 2.75) is 20.3 Å². The number of amides is 2. The molecule has 0 saturated carbocycles. The number of nitrogens with zero attached hydrogens (tertiary/aromatic N) is 2. The molecule has 0 aliphatic carbocycles. The van der Waals surface area contributed by atoms with Gasteiger partial charge in [-0.1, -0.05) is 49.2 Å². The van der Waals surface area contributed by atoms with E-state index in [1.165, 1.54) is 5.01 Å². The van der Waals surface area contributed by atoms with Crippen molar-refractivity contribution in [2.75, 3.05) is 23.4 Å². The molecule has 1 aliphatic heterocycles. The SMILES string of the molecule is CCSCCC1(C)CN(C(=O)Nc2ccc(Cl)cc2)N=C1c1ccc(Cl)cc1. The number of benzene rings is 2. The van der Waals surface area contributed by atoms with Gasteiger partial charge in [-0.3, -0.25) is 0 Å². The lowest BCUT2D eigenvalue weighted by atomic mass is 9.80. The van der Waals surface area contributed by atoms with Crippen molar-refractivity contribution >= 4 is 52.4 Å². The third kappa shape index (κ3) is 5.02. The minimum absolute atomic E-state index is 0.215. The lowest BCUT2D eigenvalue weighted by molar-refractivity contribution is 0.207. The highest BCUT2D eigenvalue weighted by Crippen LogP contribution is 2.36. The Bertz CT molecular complexity index is 855. The highest BCUT2D eigenvalue weighted by molar-refractivity contribution is 7.99. The quantitative estimate of drug-likeness (QED) is 0.533. The van der Waals surface area contributed by atoms with Gasteiger partial charge in [0.1, 0.15) is 0 Å². The van der Waals surface area contributed by atoms with E-state index in [0.29, 0.717) is 22.3 Å². The summed E-state index contributed by atoms with van der Waals surface area (Å²) in [6.07, 6.45) is 0.942. The van der Waals surface area contributed by atoms with Crippen LogP contribution in [0.5, 0.6) is 0 Å². The van der Waals surface area contributed by atoms with Crippen LogP contribution in [0.1, 0.15) is 25.8 Å². The summed E-state index contributed by atoms with van der Waals surface area (Å²) in [6.45, 7) is 4.86. The zero-order chi connectivity index (χ0) is 20.1. The Hall–Kier alpha value is -1.69. The van der Waals surface area contributed by atoms with Crippen LogP contribution in [0.3, 0.4) is 0 Å². The number of hydrogen-bond donors (Lipinski definition) is 1. The molecule has 1 atom stereocenters. The third-order valence-corrected chi connectivity index (χ3v) is 6.15. The Morgan fingerprint density at radius 3 is 2.36 bits per heavy atom. The van der Waals surface area contributed by atoms with E-state index < -0.39 is 0 Å². The maximum atomic E-state index is 12.8. The second kappa shape index (κ2) is 9.21. The normalized spacial score (nSPS) is 18.9. The van der Waals surface area contributed by atoms with E-state index in [-0.39, 0.29) is 11.4 Å². The molecule has 0 aromatic heterocycles. The minimum Gasteiger partial charge on any atom is -0.306 e. The molecule has 2 aromatic rings. The van der Waals surface area contributed by atoms with E-state index in [1.807, 2.05) is 36.0 Å². The highest BCUT2D eigenvalue weighted by atomic mass is 35.5. The van der Waals surface area contributed by atoms with Crippen LogP contribution < -0.4 is 5.32 Å². The summed E-state index contributed by atoms with van der Waals surface area (Å²) in [4.78, 5) is 12.8. The molecule has 1 aliphatic rings. The van der Waals surface area contributed by atoms with E-state index in [9.17, 15) is 4.79 Å². The molecule has 2 amide bonds. The first-order valence-corrected chi connectivity index (χ1v) is 11.1. The molecule has 7 heteroatoms. The summed E-state index contributed by atoms with van der Waals surface area (Å²) in [7, 11) is 0. The number of hydrogen-bond acceptors (Lipinski definition) is 3. The molecule has 0 fully saturated rings. The average Bonchev–Trinajstić information content (AvgIpc) is 3.02. The topological polar surface area (TPSA) is 44.7 Å². The molecule has 3 rings (SSSR count). The summed E-state index contributed by atoms with van der Waals surface area (Å²) < 4.78 is 0. The monoisotopic (exact) mass is 435 g/mol. The van der Waals surface area contributed by atoms with E-state index in [0.717, 1.165) is 29.2 Å². The molecular formula is C21H23Cl2N3OS. The van der Waals surface area contributed by atoms with Gasteiger partial charge in [-0.05, 0) is 59.9 Å². The molecule has 0 saturated heterocycles. The number of nitrogens with one attached hydrogen (secondary N) is 1. The number of thioether (sulfide) groups is 1. The van der Waals surface area contributed by atoms with Crippen molar-refractivity contribution in [3.8, 4) is 0 Å². The van der Waals surface area contributed by atoms with Gasteiger partial charge >= 0.3 is 6.03 Å². The average molecular weight is 436 g/mol. The molecule has 0 bridgehead atoms. The number of rotatable bonds is 6. The predicted octanol–water partition coefficient (Wildman–Crippen LogP) is 6.39. The molecule has 0 spiro atoms. The zero-order valence-corrected chi connectivity index (χ0v) is 18.2. The maximum absolute atomic E-state index is 12.8. The van der Waals surface area contributed by atoms with E-state index in [1.54, 1.807) is 24.3 Å². The first kappa shape index (κ1) is 21.0. The molecular weight excluding hydrogens is 413 g/mol. The van der Waals surface area contributed by atoms with Gasteiger partial charge in [0.25, 0.3) is 0 Å². The fourth-order valence-corrected chi connectivity index (χ4v) is 4.31. The van der Waals surface area contributed by atoms with Gasteiger partial charge in [-0.2, -0.15) is 16.9 Å². The number of carbonyl (C=O) groups is 1. The fraction of sp³-hybridized carbons (Fsp3) is 0.333. The summed E-state index contributed by atoms with van der Waals surface area (Å²) >= 11 is 13.9. The van der Waals surface area contributed by atoms with Gasteiger partial charge in [-0.25, -0.2) is 9.80 Å². The van der Waals surface area contributed by atoms with Crippen molar-refractivity contribution in [3.05, 3.63) is 64.1 Å². The van der Waals surface area contributed by atoms with E-state index >= 15 is 0 Å². The Balaban J connectivity index is 1.82. The smallest absolute Gasteiger partial charge is 0.306 e. The Morgan fingerprint density at radius 1 is 1.14 bits per heavy atom. The van der Waals surface area contributed by atoms with Crippen molar-refractivity contribution in [3.63, 3.8) is 0 Å². The highest BCUT2D eigenvalue weighted by Gasteiger charge is 2.41. The number of urea groups is 1. The molecule has 2 aromatic carbocycles. The van der Waals surface area contributed by atoms with Crippen molar-refractivity contribution in [1.29, 1.82) is 0 Å². The summed E-state index contributed by atoms with van der Waals surface area (Å²) in [5.41, 5.74) is 2.39. The summed E-state index contributed by atoms with van der Waals surface area (Å²) in [5.74, 6) is 2.09. The number of anilines is 1. The largest absolute Gasteiger partial charge is 0.342 e. The van der Waals surface area contributed by atoms with E-state index in [2.05, 4.69) is 19.2 Å². The lowest BCUT2D eigenvalue weighted by Gasteiger charge is -2.26. The Morgan fingerprint density at radius 2 is 1.75 bits per heavy atom. The Labute approximate surface area is 180 Å².